The van der Waals surface area contributed by atoms with E-state index in [1.165, 1.54) is 7.11 Å². The Bertz CT molecular complexity index is 471. The molecule has 0 saturated carbocycles. The second-order valence-electron chi connectivity index (χ2n) is 4.05. The molecular weight excluding hydrogens is 220 g/mol. The third kappa shape index (κ3) is 2.38. The maximum Gasteiger partial charge on any atom is 0.337 e. The van der Waals surface area contributed by atoms with Crippen LogP contribution in [-0.2, 0) is 9.53 Å². The molecule has 0 aromatic heterocycles. The number of methoxy groups -OCH3 is 1. The second-order valence-corrected chi connectivity index (χ2v) is 4.05. The van der Waals surface area contributed by atoms with Crippen LogP contribution in [0.4, 0.5) is 11.4 Å². The number of hydrogen-bond donors (Lipinski definition) is 2. The number of rotatable bonds is 1. The van der Waals surface area contributed by atoms with Gasteiger partial charge in [0.2, 0.25) is 5.91 Å². The minimum Gasteiger partial charge on any atom is -0.465 e. The van der Waals surface area contributed by atoms with E-state index in [1.54, 1.807) is 18.2 Å². The number of carbonyl (C=O) groups excluding carboxylic acids is 2. The van der Waals surface area contributed by atoms with Crippen molar-refractivity contribution in [1.82, 2.24) is 0 Å². The molecule has 0 radical (unpaired) electrons. The van der Waals surface area contributed by atoms with Gasteiger partial charge in [-0.25, -0.2) is 4.79 Å². The number of nitrogens with one attached hydrogen (secondary N) is 2. The lowest BCUT2D eigenvalue weighted by Crippen LogP contribution is -2.18. The average molecular weight is 234 g/mol. The first kappa shape index (κ1) is 11.4. The Labute approximate surface area is 99.2 Å². The molecule has 90 valence electrons. The number of anilines is 2. The predicted octanol–water partition coefficient (Wildman–Crippen LogP) is 1.62. The highest BCUT2D eigenvalue weighted by atomic mass is 16.5. The zero-order valence-electron chi connectivity index (χ0n) is 9.74. The SMILES string of the molecule is COC(=O)c1ccc2c(c1)NC(=O)CC(C)N2. The summed E-state index contributed by atoms with van der Waals surface area (Å²) in [6.45, 7) is 1.93. The van der Waals surface area contributed by atoms with Gasteiger partial charge < -0.3 is 15.4 Å². The Kier molecular flexibility index (Phi) is 2.99. The quantitative estimate of drug-likeness (QED) is 0.724. The van der Waals surface area contributed by atoms with E-state index in [0.29, 0.717) is 17.7 Å². The third-order valence-corrected chi connectivity index (χ3v) is 2.61. The van der Waals surface area contributed by atoms with Crippen LogP contribution in [0.3, 0.4) is 0 Å². The van der Waals surface area contributed by atoms with E-state index in [0.717, 1.165) is 5.69 Å². The Morgan fingerprint density at radius 1 is 1.41 bits per heavy atom. The van der Waals surface area contributed by atoms with Crippen LogP contribution >= 0.6 is 0 Å². The van der Waals surface area contributed by atoms with Crippen LogP contribution in [0, 0.1) is 0 Å². The van der Waals surface area contributed by atoms with Crippen LogP contribution in [0.25, 0.3) is 0 Å². The van der Waals surface area contributed by atoms with Gasteiger partial charge in [0.25, 0.3) is 0 Å². The standard InChI is InChI=1S/C12H14N2O3/c1-7-5-11(15)14-10-6-8(12(16)17-2)3-4-9(10)13-7/h3-4,6-7,13H,5H2,1-2H3,(H,14,15). The number of hydrogen-bond acceptors (Lipinski definition) is 4. The third-order valence-electron chi connectivity index (χ3n) is 2.61. The summed E-state index contributed by atoms with van der Waals surface area (Å²) >= 11 is 0. The highest BCUT2D eigenvalue weighted by Crippen LogP contribution is 2.27. The van der Waals surface area contributed by atoms with Gasteiger partial charge in [0, 0.05) is 12.5 Å². The fourth-order valence-electron chi connectivity index (χ4n) is 1.81. The van der Waals surface area contributed by atoms with Crippen molar-refractivity contribution >= 4 is 23.3 Å². The molecule has 1 atom stereocenters. The largest absolute Gasteiger partial charge is 0.465 e. The van der Waals surface area contributed by atoms with E-state index in [2.05, 4.69) is 15.4 Å². The lowest BCUT2D eigenvalue weighted by Gasteiger charge is -2.12. The van der Waals surface area contributed by atoms with Gasteiger partial charge in [-0.15, -0.1) is 0 Å². The van der Waals surface area contributed by atoms with Crippen LogP contribution in [0.15, 0.2) is 18.2 Å². The fraction of sp³-hybridized carbons (Fsp3) is 0.333. The predicted molar refractivity (Wildman–Crippen MR) is 64.1 cm³/mol. The Hall–Kier alpha value is -2.04. The summed E-state index contributed by atoms with van der Waals surface area (Å²) in [4.78, 5) is 22.9. The lowest BCUT2D eigenvalue weighted by molar-refractivity contribution is -0.116. The van der Waals surface area contributed by atoms with Crippen molar-refractivity contribution in [1.29, 1.82) is 0 Å². The van der Waals surface area contributed by atoms with Gasteiger partial charge in [-0.2, -0.15) is 0 Å². The molecule has 1 amide bonds. The molecular formula is C12H14N2O3. The Balaban J connectivity index is 2.38. The summed E-state index contributed by atoms with van der Waals surface area (Å²) in [5.74, 6) is -0.481. The number of benzene rings is 1. The molecule has 2 N–H and O–H groups in total. The van der Waals surface area contributed by atoms with Crippen LogP contribution in [0.5, 0.6) is 0 Å². The summed E-state index contributed by atoms with van der Waals surface area (Å²) in [6, 6.07) is 5.12. The van der Waals surface area contributed by atoms with Crippen LogP contribution in [-0.4, -0.2) is 25.0 Å². The van der Waals surface area contributed by atoms with Gasteiger partial charge in [-0.1, -0.05) is 0 Å². The monoisotopic (exact) mass is 234 g/mol. The molecule has 2 rings (SSSR count). The fourth-order valence-corrected chi connectivity index (χ4v) is 1.81. The van der Waals surface area contributed by atoms with Gasteiger partial charge >= 0.3 is 5.97 Å². The number of fused-ring (bicyclic) bond motifs is 1. The molecule has 0 aliphatic carbocycles. The van der Waals surface area contributed by atoms with Gasteiger partial charge in [-0.05, 0) is 25.1 Å². The van der Waals surface area contributed by atoms with Crippen molar-refractivity contribution < 1.29 is 14.3 Å². The molecule has 1 aliphatic rings. The minimum atomic E-state index is -0.417. The van der Waals surface area contributed by atoms with Crippen LogP contribution in [0.1, 0.15) is 23.7 Å². The first-order valence-electron chi connectivity index (χ1n) is 5.39. The summed E-state index contributed by atoms with van der Waals surface area (Å²) < 4.78 is 4.63. The van der Waals surface area contributed by atoms with E-state index in [-0.39, 0.29) is 11.9 Å². The highest BCUT2D eigenvalue weighted by molar-refractivity contribution is 5.99. The molecule has 1 aliphatic heterocycles. The zero-order chi connectivity index (χ0) is 12.4. The van der Waals surface area contributed by atoms with Crippen LogP contribution < -0.4 is 10.6 Å². The summed E-state index contributed by atoms with van der Waals surface area (Å²) in [5, 5.41) is 5.96. The zero-order valence-corrected chi connectivity index (χ0v) is 9.74. The van der Waals surface area contributed by atoms with E-state index in [9.17, 15) is 9.59 Å². The number of carbonyl (C=O) groups is 2. The molecule has 17 heavy (non-hydrogen) atoms. The van der Waals surface area contributed by atoms with Gasteiger partial charge in [-0.3, -0.25) is 4.79 Å². The molecule has 5 nitrogen and oxygen atoms in total. The Morgan fingerprint density at radius 3 is 2.88 bits per heavy atom. The molecule has 1 heterocycles. The van der Waals surface area contributed by atoms with Crippen molar-refractivity contribution in [2.75, 3.05) is 17.7 Å². The van der Waals surface area contributed by atoms with Crippen molar-refractivity contribution in [3.63, 3.8) is 0 Å². The van der Waals surface area contributed by atoms with E-state index in [1.807, 2.05) is 6.92 Å². The maximum absolute atomic E-state index is 11.5. The summed E-state index contributed by atoms with van der Waals surface area (Å²) in [5.41, 5.74) is 1.85. The molecule has 1 unspecified atom stereocenters. The van der Waals surface area contributed by atoms with Gasteiger partial charge in [0.1, 0.15) is 0 Å². The van der Waals surface area contributed by atoms with E-state index >= 15 is 0 Å². The normalized spacial score (nSPS) is 18.5. The maximum atomic E-state index is 11.5. The van der Waals surface area contributed by atoms with Crippen LogP contribution in [0.2, 0.25) is 0 Å². The smallest absolute Gasteiger partial charge is 0.337 e. The number of ether oxygens (including phenoxy) is 1. The first-order chi connectivity index (χ1) is 8.10. The molecule has 1 aromatic rings. The first-order valence-corrected chi connectivity index (χ1v) is 5.39. The number of esters is 1. The molecule has 0 saturated heterocycles. The number of amides is 1. The molecule has 5 heteroatoms. The van der Waals surface area contributed by atoms with Gasteiger partial charge in [0.15, 0.2) is 0 Å². The summed E-state index contributed by atoms with van der Waals surface area (Å²) in [7, 11) is 1.33. The second kappa shape index (κ2) is 4.45. The average Bonchev–Trinajstić information content (AvgIpc) is 2.43. The topological polar surface area (TPSA) is 67.4 Å². The molecule has 0 fully saturated rings. The molecule has 1 aromatic carbocycles. The van der Waals surface area contributed by atoms with Crippen molar-refractivity contribution in [3.8, 4) is 0 Å². The van der Waals surface area contributed by atoms with Gasteiger partial charge in [0.05, 0.1) is 24.0 Å². The highest BCUT2D eigenvalue weighted by Gasteiger charge is 2.18. The molecule has 0 spiro atoms. The minimum absolute atomic E-state index is 0.0641. The lowest BCUT2D eigenvalue weighted by atomic mass is 10.1. The van der Waals surface area contributed by atoms with Crippen molar-refractivity contribution in [3.05, 3.63) is 23.8 Å². The van der Waals surface area contributed by atoms with Crippen molar-refractivity contribution in [2.24, 2.45) is 0 Å². The van der Waals surface area contributed by atoms with Crippen molar-refractivity contribution in [2.45, 2.75) is 19.4 Å². The Morgan fingerprint density at radius 2 is 2.18 bits per heavy atom. The van der Waals surface area contributed by atoms with E-state index in [4.69, 9.17) is 0 Å². The van der Waals surface area contributed by atoms with E-state index < -0.39 is 5.97 Å². The molecule has 0 bridgehead atoms. The summed E-state index contributed by atoms with van der Waals surface area (Å²) in [6.07, 6.45) is 0.405.